The van der Waals surface area contributed by atoms with Gasteiger partial charge in [-0.3, -0.25) is 9.89 Å². The Morgan fingerprint density at radius 1 is 0.826 bits per heavy atom. The summed E-state index contributed by atoms with van der Waals surface area (Å²) in [6, 6.07) is 16.8. The molecule has 0 aliphatic carbocycles. The van der Waals surface area contributed by atoms with Gasteiger partial charge in [0, 0.05) is 13.1 Å². The van der Waals surface area contributed by atoms with Crippen LogP contribution < -0.4 is 5.73 Å². The van der Waals surface area contributed by atoms with Crippen molar-refractivity contribution in [2.45, 2.75) is 13.1 Å². The second kappa shape index (κ2) is 8.71. The minimum atomic E-state index is 0.572. The zero-order chi connectivity index (χ0) is 16.5. The van der Waals surface area contributed by atoms with Crippen LogP contribution in [-0.2, 0) is 13.1 Å². The predicted octanol–water partition coefficient (Wildman–Crippen LogP) is 3.92. The van der Waals surface area contributed by atoms with Crippen molar-refractivity contribution in [1.82, 2.24) is 4.90 Å². The van der Waals surface area contributed by atoms with E-state index in [2.05, 4.69) is 71.6 Å². The van der Waals surface area contributed by atoms with Gasteiger partial charge in [0.25, 0.3) is 0 Å². The van der Waals surface area contributed by atoms with Gasteiger partial charge in [-0.15, -0.1) is 0 Å². The van der Waals surface area contributed by atoms with Crippen LogP contribution in [0.15, 0.2) is 66.7 Å². The summed E-state index contributed by atoms with van der Waals surface area (Å²) >= 11 is 0. The molecule has 0 bridgehead atoms. The number of nitrogens with two attached hydrogens (primary N) is 1. The molecule has 0 saturated heterocycles. The molecule has 2 rings (SSSR count). The Bertz CT molecular complexity index is 601. The molecule has 0 amide bonds. The second-order valence-corrected chi connectivity index (χ2v) is 5.35. The smallest absolute Gasteiger partial charge is 0.0932 e. The van der Waals surface area contributed by atoms with Gasteiger partial charge < -0.3 is 5.73 Å². The maximum absolute atomic E-state index is 5.40. The van der Waals surface area contributed by atoms with E-state index in [9.17, 15) is 0 Å². The first-order valence-corrected chi connectivity index (χ1v) is 7.60. The molecule has 0 atom stereocenters. The van der Waals surface area contributed by atoms with E-state index in [1.807, 2.05) is 12.2 Å². The molecule has 0 spiro atoms. The first-order valence-electron chi connectivity index (χ1n) is 7.60. The monoisotopic (exact) mass is 305 g/mol. The Morgan fingerprint density at radius 2 is 1.26 bits per heavy atom. The third-order valence-electron chi connectivity index (χ3n) is 3.63. The molecule has 23 heavy (non-hydrogen) atoms. The lowest BCUT2D eigenvalue weighted by Crippen LogP contribution is -2.23. The number of benzene rings is 2. The van der Waals surface area contributed by atoms with E-state index < -0.39 is 0 Å². The van der Waals surface area contributed by atoms with Crippen molar-refractivity contribution in [3.8, 4) is 0 Å². The van der Waals surface area contributed by atoms with Crippen molar-refractivity contribution in [2.75, 3.05) is 6.67 Å². The van der Waals surface area contributed by atoms with Crippen LogP contribution in [0.1, 0.15) is 22.3 Å². The summed E-state index contributed by atoms with van der Waals surface area (Å²) in [5.74, 6) is 0. The molecular weight excluding hydrogens is 282 g/mol. The van der Waals surface area contributed by atoms with Gasteiger partial charge in [-0.2, -0.15) is 0 Å². The predicted molar refractivity (Wildman–Crippen MR) is 99.9 cm³/mol. The van der Waals surface area contributed by atoms with Gasteiger partial charge in [0.2, 0.25) is 0 Å². The van der Waals surface area contributed by atoms with E-state index in [-0.39, 0.29) is 0 Å². The molecule has 0 aliphatic rings. The number of nitrogens with zero attached hydrogens (tertiary/aromatic N) is 2. The lowest BCUT2D eigenvalue weighted by molar-refractivity contribution is 0.266. The van der Waals surface area contributed by atoms with Gasteiger partial charge >= 0.3 is 0 Å². The Kier molecular flexibility index (Phi) is 6.33. The van der Waals surface area contributed by atoms with Crippen LogP contribution in [0.2, 0.25) is 0 Å². The van der Waals surface area contributed by atoms with Gasteiger partial charge in [-0.25, -0.2) is 0 Å². The Balaban J connectivity index is 2.08. The summed E-state index contributed by atoms with van der Waals surface area (Å²) in [4.78, 5) is 6.42. The van der Waals surface area contributed by atoms with Crippen LogP contribution in [0.3, 0.4) is 0 Å². The van der Waals surface area contributed by atoms with Gasteiger partial charge in [0.1, 0.15) is 0 Å². The molecule has 3 heteroatoms. The van der Waals surface area contributed by atoms with Gasteiger partial charge in [-0.1, -0.05) is 73.8 Å². The normalized spacial score (nSPS) is 11.0. The third kappa shape index (κ3) is 5.24. The lowest BCUT2D eigenvalue weighted by atomic mass is 10.1. The summed E-state index contributed by atoms with van der Waals surface area (Å²) in [6.45, 7) is 9.77. The highest BCUT2D eigenvalue weighted by Gasteiger charge is 2.06. The molecular formula is C20H23N3. The van der Waals surface area contributed by atoms with E-state index in [4.69, 9.17) is 5.73 Å². The van der Waals surface area contributed by atoms with E-state index in [1.165, 1.54) is 17.5 Å². The van der Waals surface area contributed by atoms with E-state index in [0.717, 1.165) is 24.2 Å². The van der Waals surface area contributed by atoms with Crippen molar-refractivity contribution in [3.05, 3.63) is 83.9 Å². The summed E-state index contributed by atoms with van der Waals surface area (Å²) in [7, 11) is 0. The van der Waals surface area contributed by atoms with Crippen molar-refractivity contribution in [1.29, 1.82) is 0 Å². The highest BCUT2D eigenvalue weighted by atomic mass is 15.2. The maximum Gasteiger partial charge on any atom is 0.0932 e. The molecule has 2 aromatic rings. The average Bonchev–Trinajstić information content (AvgIpc) is 2.61. The van der Waals surface area contributed by atoms with Gasteiger partial charge in [0.05, 0.1) is 13.0 Å². The Hall–Kier alpha value is -2.65. The minimum Gasteiger partial charge on any atom is -0.390 e. The zero-order valence-electron chi connectivity index (χ0n) is 13.4. The van der Waals surface area contributed by atoms with Crippen LogP contribution in [0.25, 0.3) is 12.2 Å². The molecule has 2 N–H and O–H groups in total. The molecule has 0 fully saturated rings. The summed E-state index contributed by atoms with van der Waals surface area (Å²) in [5.41, 5.74) is 10.1. The summed E-state index contributed by atoms with van der Waals surface area (Å²) in [6.07, 6.45) is 5.05. The number of aliphatic imine (C=N–C) groups is 1. The van der Waals surface area contributed by atoms with Crippen molar-refractivity contribution in [2.24, 2.45) is 10.7 Å². The number of hydrogen-bond donors (Lipinski definition) is 1. The first-order chi connectivity index (χ1) is 11.2. The fourth-order valence-corrected chi connectivity index (χ4v) is 2.35. The van der Waals surface area contributed by atoms with Crippen LogP contribution in [-0.4, -0.2) is 17.9 Å². The fourth-order valence-electron chi connectivity index (χ4n) is 2.35. The van der Waals surface area contributed by atoms with Crippen LogP contribution in [0.4, 0.5) is 0 Å². The highest BCUT2D eigenvalue weighted by molar-refractivity contribution is 5.51. The van der Waals surface area contributed by atoms with Crippen molar-refractivity contribution in [3.63, 3.8) is 0 Å². The number of hydrogen-bond acceptors (Lipinski definition) is 2. The third-order valence-corrected chi connectivity index (χ3v) is 3.63. The van der Waals surface area contributed by atoms with Crippen LogP contribution >= 0.6 is 0 Å². The summed E-state index contributed by atoms with van der Waals surface area (Å²) < 4.78 is 0. The van der Waals surface area contributed by atoms with E-state index >= 15 is 0 Å². The molecule has 0 unspecified atom stereocenters. The Morgan fingerprint density at radius 3 is 1.61 bits per heavy atom. The van der Waals surface area contributed by atoms with Gasteiger partial charge in [-0.05, 0) is 22.3 Å². The molecule has 0 heterocycles. The second-order valence-electron chi connectivity index (χ2n) is 5.35. The average molecular weight is 305 g/mol. The van der Waals surface area contributed by atoms with Crippen LogP contribution in [0.5, 0.6) is 0 Å². The molecule has 3 nitrogen and oxygen atoms in total. The Labute approximate surface area is 138 Å². The van der Waals surface area contributed by atoms with Crippen LogP contribution in [0, 0.1) is 0 Å². The molecule has 0 saturated carbocycles. The maximum atomic E-state index is 5.40. The molecule has 0 radical (unpaired) electrons. The molecule has 0 aliphatic heterocycles. The topological polar surface area (TPSA) is 41.6 Å². The SMILES string of the molecule is C=Cc1ccc(CN(C/N=C\N)Cc2ccc(C=C)cc2)cc1. The van der Waals surface area contributed by atoms with E-state index in [0.29, 0.717) is 6.67 Å². The highest BCUT2D eigenvalue weighted by Crippen LogP contribution is 2.13. The zero-order valence-corrected chi connectivity index (χ0v) is 13.4. The van der Waals surface area contributed by atoms with Crippen molar-refractivity contribution >= 4 is 18.5 Å². The number of rotatable bonds is 8. The van der Waals surface area contributed by atoms with E-state index in [1.54, 1.807) is 0 Å². The quantitative estimate of drug-likeness (QED) is 0.593. The van der Waals surface area contributed by atoms with Crippen molar-refractivity contribution < 1.29 is 0 Å². The lowest BCUT2D eigenvalue weighted by Gasteiger charge is -2.20. The van der Waals surface area contributed by atoms with Gasteiger partial charge in [0.15, 0.2) is 0 Å². The molecule has 118 valence electrons. The fraction of sp³-hybridized carbons (Fsp3) is 0.150. The molecule has 2 aromatic carbocycles. The standard InChI is InChI=1S/C20H23N3/c1-3-17-5-9-19(10-6-17)13-23(16-22-15-21)14-20-11-7-18(4-2)8-12-20/h3-12,15H,1-2,13-14,16H2,(H2,21,22). The first kappa shape index (κ1) is 16.7. The summed E-state index contributed by atoms with van der Waals surface area (Å²) in [5, 5.41) is 0. The largest absolute Gasteiger partial charge is 0.390 e. The minimum absolute atomic E-state index is 0.572. The molecule has 0 aromatic heterocycles.